The summed E-state index contributed by atoms with van der Waals surface area (Å²) in [5.74, 6) is 0.0772. The van der Waals surface area contributed by atoms with E-state index in [1.165, 1.54) is 0 Å². The maximum Gasteiger partial charge on any atom is 0.169 e. The first-order chi connectivity index (χ1) is 14.5. The number of benzene rings is 3. The van der Waals surface area contributed by atoms with Crippen LogP contribution in [-0.2, 0) is 0 Å². The molecular formula is C25H32ClNO4. The van der Waals surface area contributed by atoms with Crippen LogP contribution in [0.5, 0.6) is 0 Å². The Kier molecular flexibility index (Phi) is 12.0. The molecule has 0 heterocycles. The fraction of sp³-hybridized carbons (Fsp3) is 0.320. The number of nitrogens with two attached hydrogens (primary N) is 1. The highest BCUT2D eigenvalue weighted by atomic mass is 35.5. The number of aryl methyl sites for hydroxylation is 1. The molecule has 0 spiro atoms. The second-order valence-electron chi connectivity index (χ2n) is 7.19. The molecule has 0 aliphatic rings. The zero-order valence-corrected chi connectivity index (χ0v) is 18.8. The fourth-order valence-electron chi connectivity index (χ4n) is 3.46. The van der Waals surface area contributed by atoms with Crippen LogP contribution in [0, 0.1) is 6.92 Å². The van der Waals surface area contributed by atoms with Crippen molar-refractivity contribution in [3.05, 3.63) is 83.4 Å². The van der Waals surface area contributed by atoms with Gasteiger partial charge in [0, 0.05) is 12.2 Å². The predicted molar refractivity (Wildman–Crippen MR) is 119 cm³/mol. The van der Waals surface area contributed by atoms with E-state index in [1.54, 1.807) is 6.92 Å². The second-order valence-corrected chi connectivity index (χ2v) is 7.19. The van der Waals surface area contributed by atoms with Crippen LogP contribution in [0.2, 0.25) is 0 Å². The summed E-state index contributed by atoms with van der Waals surface area (Å²) in [6, 6.07) is 20.7. The Hall–Kier alpha value is -2.28. The van der Waals surface area contributed by atoms with Gasteiger partial charge in [-0.2, -0.15) is 0 Å². The van der Waals surface area contributed by atoms with Gasteiger partial charge in [-0.15, -0.1) is 0 Å². The van der Waals surface area contributed by atoms with Crippen molar-refractivity contribution in [2.45, 2.75) is 32.4 Å². The number of aliphatic hydroxyl groups excluding tert-OH is 3. The van der Waals surface area contributed by atoms with Crippen molar-refractivity contribution >= 4 is 16.6 Å². The molecule has 6 heteroatoms. The van der Waals surface area contributed by atoms with Gasteiger partial charge >= 0.3 is 0 Å². The molecule has 5 nitrogen and oxygen atoms in total. The standard InChI is InChI=1S/C23H25NO3.C2H6O.ClH/c1-16-11-12-20(19-10-6-5-9-18(16)19)22(26)13-14-24-21(15-25)23(27)17-7-3-2-4-8-17;1-2-3;/h2-12,21,23-25,27H,13-15H2,1H3;3H,2H2,1H3;1H. The highest BCUT2D eigenvalue weighted by Crippen LogP contribution is 2.23. The van der Waals surface area contributed by atoms with Crippen LogP contribution in [0.25, 0.3) is 10.8 Å². The van der Waals surface area contributed by atoms with Crippen LogP contribution in [0.4, 0.5) is 0 Å². The molecule has 168 valence electrons. The van der Waals surface area contributed by atoms with E-state index in [-0.39, 0.29) is 31.4 Å². The summed E-state index contributed by atoms with van der Waals surface area (Å²) in [6.07, 6.45) is -0.420. The van der Waals surface area contributed by atoms with E-state index >= 15 is 0 Å². The summed E-state index contributed by atoms with van der Waals surface area (Å²) >= 11 is 0. The number of quaternary nitrogens is 1. The molecule has 2 unspecified atom stereocenters. The van der Waals surface area contributed by atoms with Gasteiger partial charge < -0.3 is 33.0 Å². The number of carbonyl (C=O) groups is 1. The van der Waals surface area contributed by atoms with Crippen LogP contribution >= 0.6 is 0 Å². The van der Waals surface area contributed by atoms with Gasteiger partial charge in [0.05, 0.1) is 19.6 Å². The maximum atomic E-state index is 12.7. The topological polar surface area (TPSA) is 94.4 Å². The van der Waals surface area contributed by atoms with Crippen molar-refractivity contribution in [1.29, 1.82) is 0 Å². The lowest BCUT2D eigenvalue weighted by molar-refractivity contribution is -0.698. The molecule has 3 aromatic rings. The lowest BCUT2D eigenvalue weighted by atomic mass is 9.96. The third-order valence-corrected chi connectivity index (χ3v) is 5.04. The van der Waals surface area contributed by atoms with Gasteiger partial charge in [0.1, 0.15) is 12.1 Å². The summed E-state index contributed by atoms with van der Waals surface area (Å²) in [6.45, 7) is 4.33. The molecule has 0 saturated heterocycles. The van der Waals surface area contributed by atoms with Gasteiger partial charge in [-0.25, -0.2) is 0 Å². The van der Waals surface area contributed by atoms with Crippen LogP contribution in [0.15, 0.2) is 66.7 Å². The Morgan fingerprint density at radius 2 is 1.52 bits per heavy atom. The third kappa shape index (κ3) is 7.42. The van der Waals surface area contributed by atoms with E-state index in [0.29, 0.717) is 13.0 Å². The molecule has 2 atom stereocenters. The van der Waals surface area contributed by atoms with Gasteiger partial charge in [0.2, 0.25) is 0 Å². The van der Waals surface area contributed by atoms with E-state index in [0.717, 1.165) is 27.5 Å². The predicted octanol–water partition coefficient (Wildman–Crippen LogP) is -0.618. The lowest BCUT2D eigenvalue weighted by Gasteiger charge is -2.19. The van der Waals surface area contributed by atoms with Crippen molar-refractivity contribution in [2.24, 2.45) is 0 Å². The first kappa shape index (κ1) is 26.8. The Balaban J connectivity index is 0.00000113. The molecule has 0 aromatic heterocycles. The van der Waals surface area contributed by atoms with Crippen LogP contribution in [0.1, 0.15) is 40.9 Å². The maximum absolute atomic E-state index is 12.7. The van der Waals surface area contributed by atoms with E-state index < -0.39 is 12.1 Å². The monoisotopic (exact) mass is 445 g/mol. The fourth-order valence-corrected chi connectivity index (χ4v) is 3.46. The van der Waals surface area contributed by atoms with Crippen molar-refractivity contribution in [2.75, 3.05) is 19.8 Å². The van der Waals surface area contributed by atoms with Crippen LogP contribution in [-0.4, -0.2) is 46.9 Å². The number of aliphatic hydroxyl groups is 3. The summed E-state index contributed by atoms with van der Waals surface area (Å²) in [5, 5.41) is 31.6. The van der Waals surface area contributed by atoms with Crippen molar-refractivity contribution in [3.63, 3.8) is 0 Å². The van der Waals surface area contributed by atoms with Crippen LogP contribution < -0.4 is 17.7 Å². The first-order valence-corrected chi connectivity index (χ1v) is 10.3. The molecule has 0 radical (unpaired) electrons. The van der Waals surface area contributed by atoms with Gasteiger partial charge in [-0.1, -0.05) is 66.7 Å². The summed E-state index contributed by atoms with van der Waals surface area (Å²) in [4.78, 5) is 12.7. The number of ketones is 1. The molecule has 0 saturated carbocycles. The highest BCUT2D eigenvalue weighted by Gasteiger charge is 2.23. The normalized spacial score (nSPS) is 12.3. The summed E-state index contributed by atoms with van der Waals surface area (Å²) in [5.41, 5.74) is 2.65. The third-order valence-electron chi connectivity index (χ3n) is 5.04. The minimum absolute atomic E-state index is 0. The molecule has 3 rings (SSSR count). The number of hydrogen-bond donors (Lipinski definition) is 4. The molecule has 0 bridgehead atoms. The van der Waals surface area contributed by atoms with E-state index in [4.69, 9.17) is 5.11 Å². The number of hydrogen-bond acceptors (Lipinski definition) is 4. The molecule has 0 aliphatic carbocycles. The largest absolute Gasteiger partial charge is 1.00 e. The van der Waals surface area contributed by atoms with Gasteiger partial charge in [-0.05, 0) is 35.7 Å². The highest BCUT2D eigenvalue weighted by molar-refractivity contribution is 6.08. The molecule has 0 fully saturated rings. The Morgan fingerprint density at radius 3 is 2.13 bits per heavy atom. The summed E-state index contributed by atoms with van der Waals surface area (Å²) in [7, 11) is 0. The Bertz CT molecular complexity index is 933. The molecule has 5 N–H and O–H groups in total. The molecule has 0 aliphatic heterocycles. The number of fused-ring (bicyclic) bond motifs is 1. The number of halogens is 1. The van der Waals surface area contributed by atoms with Crippen molar-refractivity contribution in [1.82, 2.24) is 0 Å². The van der Waals surface area contributed by atoms with Crippen molar-refractivity contribution < 1.29 is 37.8 Å². The number of carbonyl (C=O) groups excluding carboxylic acids is 1. The van der Waals surface area contributed by atoms with E-state index in [1.807, 2.05) is 79.0 Å². The molecule has 31 heavy (non-hydrogen) atoms. The number of Topliss-reactive ketones (excluding diaryl/α,β-unsaturated/α-hetero) is 1. The minimum Gasteiger partial charge on any atom is -1.00 e. The zero-order chi connectivity index (χ0) is 21.9. The SMILES string of the molecule is CCO.Cc1ccc(C(=O)CC[NH2+]C(CO)C(O)c2ccccc2)c2ccccc12.[Cl-]. The quantitative estimate of drug-likeness (QED) is 0.348. The zero-order valence-electron chi connectivity index (χ0n) is 18.0. The van der Waals surface area contributed by atoms with Crippen molar-refractivity contribution in [3.8, 4) is 0 Å². The molecule has 0 amide bonds. The Labute approximate surface area is 190 Å². The van der Waals surface area contributed by atoms with Gasteiger partial charge in [0.15, 0.2) is 5.78 Å². The van der Waals surface area contributed by atoms with E-state index in [9.17, 15) is 15.0 Å². The molecular weight excluding hydrogens is 414 g/mol. The average Bonchev–Trinajstić information content (AvgIpc) is 2.78. The minimum atomic E-state index is -0.772. The first-order valence-electron chi connectivity index (χ1n) is 10.3. The number of rotatable bonds is 8. The lowest BCUT2D eigenvalue weighted by Crippen LogP contribution is -3.00. The van der Waals surface area contributed by atoms with Gasteiger partial charge in [0.25, 0.3) is 0 Å². The van der Waals surface area contributed by atoms with Crippen LogP contribution in [0.3, 0.4) is 0 Å². The van der Waals surface area contributed by atoms with Gasteiger partial charge in [-0.3, -0.25) is 4.79 Å². The summed E-state index contributed by atoms with van der Waals surface area (Å²) < 4.78 is 0. The smallest absolute Gasteiger partial charge is 0.169 e. The van der Waals surface area contributed by atoms with E-state index in [2.05, 4.69) is 0 Å². The Morgan fingerprint density at radius 1 is 0.935 bits per heavy atom. The average molecular weight is 446 g/mol. The molecule has 3 aromatic carbocycles. The second kappa shape index (κ2) is 13.9.